The zero-order valence-electron chi connectivity index (χ0n) is 13.8. The Kier molecular flexibility index (Phi) is 6.04. The van der Waals surface area contributed by atoms with Crippen LogP contribution in [0.2, 0.25) is 0 Å². The molecule has 1 aliphatic rings. The van der Waals surface area contributed by atoms with Crippen LogP contribution in [-0.4, -0.2) is 53.4 Å². The van der Waals surface area contributed by atoms with E-state index in [4.69, 9.17) is 5.73 Å². The lowest BCUT2D eigenvalue weighted by Crippen LogP contribution is -2.40. The van der Waals surface area contributed by atoms with Crippen molar-refractivity contribution in [3.63, 3.8) is 0 Å². The van der Waals surface area contributed by atoms with Crippen molar-refractivity contribution in [2.75, 3.05) is 26.7 Å². The highest BCUT2D eigenvalue weighted by molar-refractivity contribution is 5.76. The Hall–Kier alpha value is -2.02. The van der Waals surface area contributed by atoms with Gasteiger partial charge in [-0.05, 0) is 38.8 Å². The van der Waals surface area contributed by atoms with Crippen molar-refractivity contribution in [1.82, 2.24) is 20.2 Å². The molecule has 23 heavy (non-hydrogen) atoms. The van der Waals surface area contributed by atoms with Crippen molar-refractivity contribution < 1.29 is 9.59 Å². The number of primary amides is 1. The summed E-state index contributed by atoms with van der Waals surface area (Å²) in [6.45, 7) is 3.86. The number of piperidine rings is 1. The number of amides is 2. The van der Waals surface area contributed by atoms with Crippen molar-refractivity contribution in [2.45, 2.75) is 38.5 Å². The third kappa shape index (κ3) is 5.28. The molecule has 0 radical (unpaired) electrons. The smallest absolute Gasteiger partial charge is 0.231 e. The minimum Gasteiger partial charge on any atom is -0.369 e. The predicted octanol–water partition coefficient (Wildman–Crippen LogP) is 0.128. The summed E-state index contributed by atoms with van der Waals surface area (Å²) in [5.74, 6) is 0.725. The third-order valence-corrected chi connectivity index (χ3v) is 4.06. The molecule has 1 atom stereocenters. The zero-order chi connectivity index (χ0) is 16.8. The maximum absolute atomic E-state index is 11.4. The molecule has 7 heteroatoms. The van der Waals surface area contributed by atoms with Crippen LogP contribution in [0.25, 0.3) is 0 Å². The summed E-state index contributed by atoms with van der Waals surface area (Å²) in [4.78, 5) is 33.8. The molecule has 1 aromatic rings. The lowest BCUT2D eigenvalue weighted by molar-refractivity contribution is -0.121. The Balaban J connectivity index is 2.07. The molecular weight excluding hydrogens is 294 g/mol. The zero-order valence-corrected chi connectivity index (χ0v) is 13.8. The number of nitrogens with zero attached hydrogens (tertiary/aromatic N) is 3. The number of hydrogen-bond acceptors (Lipinski definition) is 5. The lowest BCUT2D eigenvalue weighted by atomic mass is 9.96. The van der Waals surface area contributed by atoms with E-state index in [2.05, 4.69) is 20.2 Å². The van der Waals surface area contributed by atoms with Gasteiger partial charge in [-0.1, -0.05) is 0 Å². The minimum atomic E-state index is -0.304. The Labute approximate surface area is 136 Å². The largest absolute Gasteiger partial charge is 0.369 e. The van der Waals surface area contributed by atoms with E-state index in [1.165, 1.54) is 0 Å². The number of carbonyl (C=O) groups excluding carboxylic acids is 2. The van der Waals surface area contributed by atoms with E-state index in [1.54, 1.807) is 7.05 Å². The number of hydrogen-bond donors (Lipinski definition) is 2. The first kappa shape index (κ1) is 17.3. The van der Waals surface area contributed by atoms with Gasteiger partial charge in [0.2, 0.25) is 11.8 Å². The summed E-state index contributed by atoms with van der Waals surface area (Å²) in [6.07, 6.45) is 3.04. The molecule has 1 fully saturated rings. The number of nitrogens with two attached hydrogens (primary N) is 1. The number of aromatic nitrogens is 2. The Morgan fingerprint density at radius 1 is 1.43 bits per heavy atom. The monoisotopic (exact) mass is 319 g/mol. The van der Waals surface area contributed by atoms with Crippen LogP contribution in [0.15, 0.2) is 6.07 Å². The van der Waals surface area contributed by atoms with Crippen LogP contribution in [0.5, 0.6) is 0 Å². The molecule has 2 amide bonds. The maximum atomic E-state index is 11.4. The van der Waals surface area contributed by atoms with Crippen molar-refractivity contribution >= 4 is 11.8 Å². The summed E-state index contributed by atoms with van der Waals surface area (Å²) in [7, 11) is 1.63. The average Bonchev–Trinajstić information content (AvgIpc) is 2.51. The lowest BCUT2D eigenvalue weighted by Gasteiger charge is -2.31. The first-order chi connectivity index (χ1) is 11.0. The Morgan fingerprint density at radius 2 is 2.22 bits per heavy atom. The third-order valence-electron chi connectivity index (χ3n) is 4.06. The number of rotatable bonds is 6. The standard InChI is InChI=1S/C16H25N5O2/c1-11-8-13(5-6-15(23)18-2)20-16(19-11)12-4-3-7-21(9-12)10-14(17)22/h8,12H,3-7,9-10H2,1-2H3,(H2,17,22)(H,18,23). The number of likely N-dealkylation sites (tertiary alicyclic amines) is 1. The molecule has 0 aliphatic carbocycles. The van der Waals surface area contributed by atoms with E-state index in [0.29, 0.717) is 12.8 Å². The van der Waals surface area contributed by atoms with Crippen LogP contribution in [0.4, 0.5) is 0 Å². The molecule has 0 aromatic carbocycles. The molecule has 2 rings (SSSR count). The highest BCUT2D eigenvalue weighted by Crippen LogP contribution is 2.24. The van der Waals surface area contributed by atoms with Crippen molar-refractivity contribution in [3.05, 3.63) is 23.3 Å². The fraction of sp³-hybridized carbons (Fsp3) is 0.625. The molecule has 1 aromatic heterocycles. The Bertz CT molecular complexity index is 576. The minimum absolute atomic E-state index is 0.00751. The summed E-state index contributed by atoms with van der Waals surface area (Å²) >= 11 is 0. The number of aryl methyl sites for hydroxylation is 2. The van der Waals surface area contributed by atoms with Crippen LogP contribution < -0.4 is 11.1 Å². The van der Waals surface area contributed by atoms with Crippen LogP contribution >= 0.6 is 0 Å². The highest BCUT2D eigenvalue weighted by atomic mass is 16.1. The van der Waals surface area contributed by atoms with Crippen molar-refractivity contribution in [1.29, 1.82) is 0 Å². The molecule has 0 bridgehead atoms. The van der Waals surface area contributed by atoms with E-state index in [9.17, 15) is 9.59 Å². The van der Waals surface area contributed by atoms with E-state index in [1.807, 2.05) is 13.0 Å². The summed E-state index contributed by atoms with van der Waals surface area (Å²) in [5.41, 5.74) is 7.09. The molecule has 1 unspecified atom stereocenters. The quantitative estimate of drug-likeness (QED) is 0.776. The van der Waals surface area contributed by atoms with Gasteiger partial charge in [-0.2, -0.15) is 0 Å². The molecule has 0 spiro atoms. The first-order valence-corrected chi connectivity index (χ1v) is 8.03. The van der Waals surface area contributed by atoms with Crippen LogP contribution in [0.3, 0.4) is 0 Å². The normalized spacial score (nSPS) is 18.6. The van der Waals surface area contributed by atoms with Gasteiger partial charge in [0, 0.05) is 37.3 Å². The van der Waals surface area contributed by atoms with E-state index < -0.39 is 0 Å². The SMILES string of the molecule is CNC(=O)CCc1cc(C)nc(C2CCCN(CC(N)=O)C2)n1. The van der Waals surface area contributed by atoms with Gasteiger partial charge in [0.15, 0.2) is 0 Å². The fourth-order valence-electron chi connectivity index (χ4n) is 2.97. The van der Waals surface area contributed by atoms with Crippen molar-refractivity contribution in [2.24, 2.45) is 5.73 Å². The molecule has 2 heterocycles. The van der Waals surface area contributed by atoms with E-state index in [0.717, 1.165) is 43.1 Å². The average molecular weight is 319 g/mol. The van der Waals surface area contributed by atoms with Crippen LogP contribution in [0, 0.1) is 6.92 Å². The molecule has 0 saturated carbocycles. The molecule has 3 N–H and O–H groups in total. The van der Waals surface area contributed by atoms with Gasteiger partial charge in [0.25, 0.3) is 0 Å². The van der Waals surface area contributed by atoms with Gasteiger partial charge < -0.3 is 11.1 Å². The molecular formula is C16H25N5O2. The Morgan fingerprint density at radius 3 is 2.91 bits per heavy atom. The van der Waals surface area contributed by atoms with E-state index in [-0.39, 0.29) is 24.3 Å². The first-order valence-electron chi connectivity index (χ1n) is 8.03. The molecule has 126 valence electrons. The molecule has 7 nitrogen and oxygen atoms in total. The predicted molar refractivity (Wildman–Crippen MR) is 86.8 cm³/mol. The van der Waals surface area contributed by atoms with Crippen LogP contribution in [0.1, 0.15) is 42.4 Å². The summed E-state index contributed by atoms with van der Waals surface area (Å²) in [6, 6.07) is 1.93. The second kappa shape index (κ2) is 8.01. The van der Waals surface area contributed by atoms with Gasteiger partial charge in [-0.15, -0.1) is 0 Å². The topological polar surface area (TPSA) is 101 Å². The maximum Gasteiger partial charge on any atom is 0.231 e. The molecule has 1 aliphatic heterocycles. The van der Waals surface area contributed by atoms with Crippen LogP contribution in [-0.2, 0) is 16.0 Å². The van der Waals surface area contributed by atoms with Gasteiger partial charge in [0.1, 0.15) is 5.82 Å². The summed E-state index contributed by atoms with van der Waals surface area (Å²) in [5, 5.41) is 2.62. The number of carbonyl (C=O) groups is 2. The number of nitrogens with one attached hydrogen (secondary N) is 1. The second-order valence-corrected chi connectivity index (χ2v) is 6.07. The fourth-order valence-corrected chi connectivity index (χ4v) is 2.97. The highest BCUT2D eigenvalue weighted by Gasteiger charge is 2.24. The van der Waals surface area contributed by atoms with Crippen molar-refractivity contribution in [3.8, 4) is 0 Å². The summed E-state index contributed by atoms with van der Waals surface area (Å²) < 4.78 is 0. The van der Waals surface area contributed by atoms with Gasteiger partial charge in [-0.25, -0.2) is 9.97 Å². The van der Waals surface area contributed by atoms with Gasteiger partial charge >= 0.3 is 0 Å². The van der Waals surface area contributed by atoms with Gasteiger partial charge in [-0.3, -0.25) is 14.5 Å². The van der Waals surface area contributed by atoms with E-state index >= 15 is 0 Å². The van der Waals surface area contributed by atoms with Gasteiger partial charge in [0.05, 0.1) is 6.54 Å². The second-order valence-electron chi connectivity index (χ2n) is 6.07. The molecule has 1 saturated heterocycles.